The van der Waals surface area contributed by atoms with Crippen molar-refractivity contribution in [3.63, 3.8) is 0 Å². The highest BCUT2D eigenvalue weighted by molar-refractivity contribution is 5.94. The Hall–Kier alpha value is -2.09. The highest BCUT2D eigenvalue weighted by atomic mass is 16.1. The summed E-state index contributed by atoms with van der Waals surface area (Å²) in [5.41, 5.74) is 2.99. The minimum atomic E-state index is -0.0524. The third-order valence-electron chi connectivity index (χ3n) is 2.32. The van der Waals surface area contributed by atoms with Crippen molar-refractivity contribution in [3.05, 3.63) is 54.6 Å². The lowest BCUT2D eigenvalue weighted by Crippen LogP contribution is -2.06. The van der Waals surface area contributed by atoms with Crippen LogP contribution in [0.25, 0.3) is 11.1 Å². The molecule has 1 amide bonds. The van der Waals surface area contributed by atoms with Crippen LogP contribution in [0.2, 0.25) is 0 Å². The predicted molar refractivity (Wildman–Crippen MR) is 88.9 cm³/mol. The summed E-state index contributed by atoms with van der Waals surface area (Å²) in [7, 11) is 0. The van der Waals surface area contributed by atoms with E-state index in [1.807, 2.05) is 82.3 Å². The van der Waals surface area contributed by atoms with Gasteiger partial charge in [0.15, 0.2) is 0 Å². The molecule has 2 aromatic rings. The summed E-state index contributed by atoms with van der Waals surface area (Å²) in [5.74, 6) is -0.0524. The molecule has 2 heteroatoms. The van der Waals surface area contributed by atoms with Crippen LogP contribution in [0.15, 0.2) is 54.6 Å². The highest BCUT2D eigenvalue weighted by Crippen LogP contribution is 2.27. The molecule has 0 saturated carbocycles. The highest BCUT2D eigenvalue weighted by Gasteiger charge is 2.04. The molecule has 0 saturated heterocycles. The van der Waals surface area contributed by atoms with Gasteiger partial charge in [-0.05, 0) is 11.6 Å². The van der Waals surface area contributed by atoms with Crippen LogP contribution in [0, 0.1) is 0 Å². The fraction of sp³-hybridized carbons (Fsp3) is 0.278. The summed E-state index contributed by atoms with van der Waals surface area (Å²) < 4.78 is 0. The lowest BCUT2D eigenvalue weighted by molar-refractivity contribution is -0.114. The van der Waals surface area contributed by atoms with E-state index in [-0.39, 0.29) is 5.91 Å². The molecule has 0 radical (unpaired) electrons. The van der Waals surface area contributed by atoms with Crippen LogP contribution >= 0.6 is 0 Å². The molecule has 0 unspecified atom stereocenters. The second kappa shape index (κ2) is 10.8. The maximum atomic E-state index is 11.1. The molecular formula is C18H25NO. The van der Waals surface area contributed by atoms with E-state index in [9.17, 15) is 4.79 Å². The Bertz CT molecular complexity index is 492. The van der Waals surface area contributed by atoms with E-state index >= 15 is 0 Å². The predicted octanol–water partition coefficient (Wildman–Crippen LogP) is 5.36. The van der Waals surface area contributed by atoms with E-state index in [1.54, 1.807) is 0 Å². The van der Waals surface area contributed by atoms with E-state index < -0.39 is 0 Å². The Balaban J connectivity index is 0.000000829. The van der Waals surface area contributed by atoms with Crippen molar-refractivity contribution in [2.24, 2.45) is 0 Å². The molecule has 0 fully saturated rings. The first-order valence-electron chi connectivity index (χ1n) is 7.19. The van der Waals surface area contributed by atoms with Crippen LogP contribution < -0.4 is 5.32 Å². The molecular weight excluding hydrogens is 246 g/mol. The van der Waals surface area contributed by atoms with Crippen LogP contribution in [0.1, 0.15) is 34.6 Å². The van der Waals surface area contributed by atoms with Crippen LogP contribution in [-0.4, -0.2) is 5.91 Å². The van der Waals surface area contributed by atoms with Gasteiger partial charge in [0.2, 0.25) is 5.91 Å². The largest absolute Gasteiger partial charge is 0.326 e. The number of para-hydroxylation sites is 1. The van der Waals surface area contributed by atoms with E-state index in [4.69, 9.17) is 0 Å². The minimum Gasteiger partial charge on any atom is -0.326 e. The molecule has 108 valence electrons. The van der Waals surface area contributed by atoms with Gasteiger partial charge in [-0.15, -0.1) is 0 Å². The standard InChI is InChI=1S/C14H13NO.2C2H6/c1-11(16)15-14-10-6-5-9-13(14)12-7-3-2-4-8-12;2*1-2/h2-10H,1H3,(H,15,16);2*1-2H3. The number of hydrogen-bond acceptors (Lipinski definition) is 1. The summed E-state index contributed by atoms with van der Waals surface area (Å²) in [4.78, 5) is 11.1. The molecule has 0 spiro atoms. The third kappa shape index (κ3) is 5.70. The van der Waals surface area contributed by atoms with E-state index in [1.165, 1.54) is 6.92 Å². The Morgan fingerprint density at radius 2 is 1.30 bits per heavy atom. The number of nitrogens with one attached hydrogen (secondary N) is 1. The molecule has 0 aliphatic rings. The van der Waals surface area contributed by atoms with Crippen LogP contribution in [-0.2, 0) is 4.79 Å². The Kier molecular flexibility index (Phi) is 9.67. The van der Waals surface area contributed by atoms with Gasteiger partial charge in [-0.1, -0.05) is 76.2 Å². The third-order valence-corrected chi connectivity index (χ3v) is 2.32. The first-order valence-corrected chi connectivity index (χ1v) is 7.19. The maximum absolute atomic E-state index is 11.1. The second-order valence-electron chi connectivity index (χ2n) is 3.59. The summed E-state index contributed by atoms with van der Waals surface area (Å²) >= 11 is 0. The molecule has 0 aliphatic heterocycles. The SMILES string of the molecule is CC.CC.CC(=O)Nc1ccccc1-c1ccccc1. The van der Waals surface area contributed by atoms with E-state index in [0.29, 0.717) is 0 Å². The topological polar surface area (TPSA) is 29.1 Å². The first kappa shape index (κ1) is 17.9. The van der Waals surface area contributed by atoms with Gasteiger partial charge in [0, 0.05) is 18.2 Å². The Morgan fingerprint density at radius 3 is 1.85 bits per heavy atom. The molecule has 20 heavy (non-hydrogen) atoms. The van der Waals surface area contributed by atoms with Crippen molar-refractivity contribution in [2.75, 3.05) is 5.32 Å². The Morgan fingerprint density at radius 1 is 0.800 bits per heavy atom. The van der Waals surface area contributed by atoms with Gasteiger partial charge in [-0.2, -0.15) is 0 Å². The number of amides is 1. The van der Waals surface area contributed by atoms with Gasteiger partial charge >= 0.3 is 0 Å². The van der Waals surface area contributed by atoms with Gasteiger partial charge in [-0.25, -0.2) is 0 Å². The maximum Gasteiger partial charge on any atom is 0.221 e. The molecule has 2 rings (SSSR count). The number of hydrogen-bond donors (Lipinski definition) is 1. The molecule has 1 N–H and O–H groups in total. The number of anilines is 1. The normalized spacial score (nSPS) is 8.45. The van der Waals surface area contributed by atoms with Crippen LogP contribution in [0.3, 0.4) is 0 Å². The first-order chi connectivity index (χ1) is 9.77. The lowest BCUT2D eigenvalue weighted by Gasteiger charge is -2.09. The number of benzene rings is 2. The second-order valence-corrected chi connectivity index (χ2v) is 3.59. The molecule has 2 aromatic carbocycles. The average molecular weight is 271 g/mol. The zero-order chi connectivity index (χ0) is 15.4. The van der Waals surface area contributed by atoms with Gasteiger partial charge in [0.05, 0.1) is 0 Å². The van der Waals surface area contributed by atoms with Crippen molar-refractivity contribution in [3.8, 4) is 11.1 Å². The van der Waals surface area contributed by atoms with Crippen molar-refractivity contribution in [1.82, 2.24) is 0 Å². The number of rotatable bonds is 2. The molecule has 0 aromatic heterocycles. The fourth-order valence-electron chi connectivity index (χ4n) is 1.65. The summed E-state index contributed by atoms with van der Waals surface area (Å²) in [6.07, 6.45) is 0. The molecule has 0 aliphatic carbocycles. The number of carbonyl (C=O) groups excluding carboxylic acids is 1. The summed E-state index contributed by atoms with van der Waals surface area (Å²) in [5, 5.41) is 2.83. The van der Waals surface area contributed by atoms with Gasteiger partial charge in [0.1, 0.15) is 0 Å². The number of carbonyl (C=O) groups is 1. The van der Waals surface area contributed by atoms with Crippen molar-refractivity contribution < 1.29 is 4.79 Å². The fourth-order valence-corrected chi connectivity index (χ4v) is 1.65. The lowest BCUT2D eigenvalue weighted by atomic mass is 10.0. The molecule has 0 atom stereocenters. The monoisotopic (exact) mass is 271 g/mol. The van der Waals surface area contributed by atoms with Gasteiger partial charge in [0.25, 0.3) is 0 Å². The Labute approximate surface area is 122 Å². The molecule has 0 heterocycles. The minimum absolute atomic E-state index is 0.0524. The summed E-state index contributed by atoms with van der Waals surface area (Å²) in [6.45, 7) is 9.52. The molecule has 2 nitrogen and oxygen atoms in total. The van der Waals surface area contributed by atoms with Crippen molar-refractivity contribution in [1.29, 1.82) is 0 Å². The van der Waals surface area contributed by atoms with Crippen molar-refractivity contribution >= 4 is 11.6 Å². The molecule has 0 bridgehead atoms. The van der Waals surface area contributed by atoms with E-state index in [0.717, 1.165) is 16.8 Å². The summed E-state index contributed by atoms with van der Waals surface area (Å²) in [6, 6.07) is 17.8. The van der Waals surface area contributed by atoms with Gasteiger partial charge < -0.3 is 5.32 Å². The van der Waals surface area contributed by atoms with E-state index in [2.05, 4.69) is 5.32 Å². The smallest absolute Gasteiger partial charge is 0.221 e. The quantitative estimate of drug-likeness (QED) is 0.782. The van der Waals surface area contributed by atoms with Crippen LogP contribution in [0.4, 0.5) is 5.69 Å². The zero-order valence-corrected chi connectivity index (χ0v) is 13.1. The van der Waals surface area contributed by atoms with Gasteiger partial charge in [-0.3, -0.25) is 4.79 Å². The van der Waals surface area contributed by atoms with Crippen molar-refractivity contribution in [2.45, 2.75) is 34.6 Å². The zero-order valence-electron chi connectivity index (χ0n) is 13.1. The van der Waals surface area contributed by atoms with Crippen LogP contribution in [0.5, 0.6) is 0 Å². The average Bonchev–Trinajstić information content (AvgIpc) is 2.52.